The number of aromatic nitrogens is 5. The predicted molar refractivity (Wildman–Crippen MR) is 107 cm³/mol. The van der Waals surface area contributed by atoms with Crippen LogP contribution in [-0.2, 0) is 4.74 Å². The van der Waals surface area contributed by atoms with E-state index in [1.165, 1.54) is 23.1 Å². The van der Waals surface area contributed by atoms with E-state index in [9.17, 15) is 4.79 Å². The molecule has 1 N–H and O–H groups in total. The molecule has 0 saturated carbocycles. The average Bonchev–Trinajstić information content (AvgIpc) is 3.23. The molecular formula is C19H18N6O2S. The minimum Gasteiger partial charge on any atom is -0.462 e. The maximum atomic E-state index is 12.2. The van der Waals surface area contributed by atoms with Gasteiger partial charge in [0.15, 0.2) is 5.82 Å². The molecule has 0 fully saturated rings. The van der Waals surface area contributed by atoms with Crippen LogP contribution in [0.5, 0.6) is 0 Å². The summed E-state index contributed by atoms with van der Waals surface area (Å²) in [4.78, 5) is 25.8. The Kier molecular flexibility index (Phi) is 4.74. The van der Waals surface area contributed by atoms with Crippen LogP contribution in [0, 0.1) is 13.8 Å². The van der Waals surface area contributed by atoms with E-state index in [1.54, 1.807) is 18.4 Å². The Bertz CT molecular complexity index is 1150. The first kappa shape index (κ1) is 18.1. The first-order chi connectivity index (χ1) is 13.5. The number of nitrogens with one attached hydrogen (secondary N) is 1. The molecule has 0 amide bonds. The highest BCUT2D eigenvalue weighted by Gasteiger charge is 2.18. The van der Waals surface area contributed by atoms with Gasteiger partial charge in [-0.3, -0.25) is 0 Å². The van der Waals surface area contributed by atoms with Gasteiger partial charge < -0.3 is 10.1 Å². The Labute approximate surface area is 165 Å². The van der Waals surface area contributed by atoms with Crippen molar-refractivity contribution in [3.8, 4) is 11.3 Å². The van der Waals surface area contributed by atoms with Crippen molar-refractivity contribution in [2.24, 2.45) is 0 Å². The van der Waals surface area contributed by atoms with Gasteiger partial charge >= 0.3 is 5.97 Å². The van der Waals surface area contributed by atoms with Gasteiger partial charge in [-0.2, -0.15) is 4.98 Å². The molecule has 3 aromatic heterocycles. The van der Waals surface area contributed by atoms with Crippen LogP contribution in [-0.4, -0.2) is 37.1 Å². The number of hydrogen-bond acceptors (Lipinski definition) is 8. The molecule has 3 heterocycles. The van der Waals surface area contributed by atoms with Gasteiger partial charge in [-0.25, -0.2) is 19.3 Å². The van der Waals surface area contributed by atoms with E-state index in [1.807, 2.05) is 5.38 Å². The van der Waals surface area contributed by atoms with Gasteiger partial charge in [-0.05, 0) is 20.8 Å². The van der Waals surface area contributed by atoms with Crippen LogP contribution in [0.1, 0.15) is 28.7 Å². The maximum absolute atomic E-state index is 12.2. The van der Waals surface area contributed by atoms with Gasteiger partial charge in [0.2, 0.25) is 10.9 Å². The third kappa shape index (κ3) is 3.44. The van der Waals surface area contributed by atoms with Crippen LogP contribution in [0.3, 0.4) is 0 Å². The highest BCUT2D eigenvalue weighted by molar-refractivity contribution is 7.15. The van der Waals surface area contributed by atoms with E-state index in [4.69, 9.17) is 4.74 Å². The fraction of sp³-hybridized carbons (Fsp3) is 0.211. The second-order valence-corrected chi connectivity index (χ2v) is 6.98. The van der Waals surface area contributed by atoms with Crippen molar-refractivity contribution in [1.29, 1.82) is 0 Å². The van der Waals surface area contributed by atoms with E-state index in [-0.39, 0.29) is 12.2 Å². The van der Waals surface area contributed by atoms with E-state index in [0.29, 0.717) is 17.6 Å². The summed E-state index contributed by atoms with van der Waals surface area (Å²) < 4.78 is 6.85. The van der Waals surface area contributed by atoms with Gasteiger partial charge in [-0.15, -0.1) is 16.4 Å². The van der Waals surface area contributed by atoms with Crippen molar-refractivity contribution in [3.05, 3.63) is 52.8 Å². The number of fused-ring (bicyclic) bond motifs is 1. The number of esters is 1. The van der Waals surface area contributed by atoms with Gasteiger partial charge in [0.1, 0.15) is 11.4 Å². The van der Waals surface area contributed by atoms with Crippen LogP contribution in [0.2, 0.25) is 0 Å². The Hall–Kier alpha value is -3.33. The molecule has 0 saturated heterocycles. The number of thiazole rings is 1. The lowest BCUT2D eigenvalue weighted by molar-refractivity contribution is 0.0526. The number of anilines is 2. The van der Waals surface area contributed by atoms with Gasteiger partial charge in [0.05, 0.1) is 12.3 Å². The molecule has 4 rings (SSSR count). The molecule has 0 spiro atoms. The molecular weight excluding hydrogens is 376 g/mol. The van der Waals surface area contributed by atoms with E-state index in [0.717, 1.165) is 16.2 Å². The lowest BCUT2D eigenvalue weighted by Crippen LogP contribution is -2.11. The molecule has 0 aliphatic rings. The Morgan fingerprint density at radius 2 is 2.00 bits per heavy atom. The van der Waals surface area contributed by atoms with Crippen molar-refractivity contribution in [3.63, 3.8) is 0 Å². The first-order valence-electron chi connectivity index (χ1n) is 8.74. The lowest BCUT2D eigenvalue weighted by Gasteiger charge is -2.08. The molecule has 142 valence electrons. The number of aryl methyl sites for hydroxylation is 2. The molecule has 0 unspecified atom stereocenters. The quantitative estimate of drug-likeness (QED) is 0.515. The van der Waals surface area contributed by atoms with Gasteiger partial charge in [0.25, 0.3) is 0 Å². The molecule has 1 aromatic carbocycles. The topological polar surface area (TPSA) is 94.3 Å². The summed E-state index contributed by atoms with van der Waals surface area (Å²) in [5.74, 6) is 0.702. The summed E-state index contributed by atoms with van der Waals surface area (Å²) in [7, 11) is 0. The largest absolute Gasteiger partial charge is 0.462 e. The minimum atomic E-state index is -0.494. The number of rotatable bonds is 5. The van der Waals surface area contributed by atoms with Crippen molar-refractivity contribution in [2.75, 3.05) is 11.9 Å². The average molecular weight is 394 g/mol. The molecule has 0 atom stereocenters. The third-order valence-corrected chi connectivity index (χ3v) is 4.88. The molecule has 8 nitrogen and oxygen atoms in total. The van der Waals surface area contributed by atoms with Crippen molar-refractivity contribution < 1.29 is 9.53 Å². The monoisotopic (exact) mass is 394 g/mol. The highest BCUT2D eigenvalue weighted by atomic mass is 32.1. The van der Waals surface area contributed by atoms with E-state index >= 15 is 0 Å². The van der Waals surface area contributed by atoms with Crippen molar-refractivity contribution in [2.45, 2.75) is 20.8 Å². The van der Waals surface area contributed by atoms with Crippen LogP contribution in [0.25, 0.3) is 16.2 Å². The van der Waals surface area contributed by atoms with Crippen LogP contribution in [0.4, 0.5) is 11.8 Å². The number of carbonyl (C=O) groups excluding carboxylic acids is 1. The summed E-state index contributed by atoms with van der Waals surface area (Å²) in [6.07, 6.45) is 1.44. The van der Waals surface area contributed by atoms with Crippen molar-refractivity contribution >= 4 is 34.0 Å². The standard InChI is InChI=1S/C19H18N6O2S/c1-4-27-17(26)14-9-20-12(3)21-16(14)22-18-23-19-25(24-18)15(10-28-19)13-7-5-11(2)6-8-13/h5-10H,4H2,1-3H3,(H,20,21,22,24). The number of ether oxygens (including phenoxy) is 1. The SMILES string of the molecule is CCOC(=O)c1cnc(C)nc1Nc1nc2scc(-c3ccc(C)cc3)n2n1. The zero-order chi connectivity index (χ0) is 19.7. The van der Waals surface area contributed by atoms with Crippen LogP contribution >= 0.6 is 11.3 Å². The zero-order valence-electron chi connectivity index (χ0n) is 15.6. The fourth-order valence-corrected chi connectivity index (χ4v) is 3.52. The Morgan fingerprint density at radius 3 is 2.75 bits per heavy atom. The zero-order valence-corrected chi connectivity index (χ0v) is 16.4. The number of hydrogen-bond donors (Lipinski definition) is 1. The molecule has 0 aliphatic carbocycles. The summed E-state index contributed by atoms with van der Waals surface area (Å²) in [6, 6.07) is 8.23. The predicted octanol–water partition coefficient (Wildman–Crippen LogP) is 3.78. The van der Waals surface area contributed by atoms with Gasteiger partial charge in [-0.1, -0.05) is 29.8 Å². The molecule has 9 heteroatoms. The molecule has 4 aromatic rings. The Balaban J connectivity index is 1.69. The number of nitrogens with zero attached hydrogens (tertiary/aromatic N) is 5. The molecule has 0 radical (unpaired) electrons. The second-order valence-electron chi connectivity index (χ2n) is 6.14. The van der Waals surface area contributed by atoms with E-state index in [2.05, 4.69) is 56.6 Å². The normalized spacial score (nSPS) is 11.0. The smallest absolute Gasteiger partial charge is 0.343 e. The third-order valence-electron chi connectivity index (χ3n) is 4.06. The summed E-state index contributed by atoms with van der Waals surface area (Å²) in [6.45, 7) is 5.81. The van der Waals surface area contributed by atoms with Crippen LogP contribution in [0.15, 0.2) is 35.8 Å². The first-order valence-corrected chi connectivity index (χ1v) is 9.62. The van der Waals surface area contributed by atoms with Gasteiger partial charge in [0, 0.05) is 17.1 Å². The summed E-state index contributed by atoms with van der Waals surface area (Å²) in [5, 5.41) is 9.58. The summed E-state index contributed by atoms with van der Waals surface area (Å²) >= 11 is 1.49. The fourth-order valence-electron chi connectivity index (χ4n) is 2.69. The Morgan fingerprint density at radius 1 is 1.21 bits per heavy atom. The van der Waals surface area contributed by atoms with Crippen LogP contribution < -0.4 is 5.32 Å². The maximum Gasteiger partial charge on any atom is 0.343 e. The lowest BCUT2D eigenvalue weighted by atomic mass is 10.1. The minimum absolute atomic E-state index is 0.240. The van der Waals surface area contributed by atoms with Crippen molar-refractivity contribution in [1.82, 2.24) is 24.6 Å². The molecule has 0 aliphatic heterocycles. The number of benzene rings is 1. The number of carbonyl (C=O) groups is 1. The summed E-state index contributed by atoms with van der Waals surface area (Å²) in [5.41, 5.74) is 3.44. The van der Waals surface area contributed by atoms with E-state index < -0.39 is 5.97 Å². The molecule has 28 heavy (non-hydrogen) atoms. The second kappa shape index (κ2) is 7.35. The highest BCUT2D eigenvalue weighted by Crippen LogP contribution is 2.27. The molecule has 0 bridgehead atoms.